The van der Waals surface area contributed by atoms with Gasteiger partial charge in [-0.25, -0.2) is 8.42 Å². The average molecular weight is 402 g/mol. The topological polar surface area (TPSA) is 73.9 Å². The van der Waals surface area contributed by atoms with Crippen molar-refractivity contribution in [3.8, 4) is 17.2 Å². The van der Waals surface area contributed by atoms with Crippen LogP contribution in [-0.2, 0) is 10.0 Å². The van der Waals surface area contributed by atoms with Crippen LogP contribution in [0.5, 0.6) is 17.2 Å². The molecule has 0 heterocycles. The number of para-hydroxylation sites is 1. The molecule has 0 aromatic heterocycles. The Kier molecular flexibility index (Phi) is 5.38. The summed E-state index contributed by atoms with van der Waals surface area (Å²) in [6.07, 6.45) is 0. The third-order valence-corrected chi connectivity index (χ3v) is 4.94. The van der Waals surface area contributed by atoms with Gasteiger partial charge in [0.1, 0.15) is 10.6 Å². The third-order valence-electron chi connectivity index (χ3n) is 3.06. The van der Waals surface area contributed by atoms with Crippen molar-refractivity contribution in [2.24, 2.45) is 0 Å². The molecule has 2 aromatic rings. The predicted octanol–water partition coefficient (Wildman–Crippen LogP) is 3.28. The molecule has 0 saturated carbocycles. The zero-order valence-corrected chi connectivity index (χ0v) is 15.2. The molecule has 0 aliphatic heterocycles. The Balaban J connectivity index is 2.49. The van der Waals surface area contributed by atoms with Crippen molar-refractivity contribution in [2.45, 2.75) is 4.90 Å². The van der Waals surface area contributed by atoms with E-state index in [1.807, 2.05) is 0 Å². The van der Waals surface area contributed by atoms with Crippen LogP contribution in [0.2, 0.25) is 0 Å². The van der Waals surface area contributed by atoms with E-state index in [1.54, 1.807) is 30.3 Å². The van der Waals surface area contributed by atoms with Gasteiger partial charge in [0.25, 0.3) is 10.0 Å². The number of hydrogen-bond acceptors (Lipinski definition) is 5. The van der Waals surface area contributed by atoms with Crippen LogP contribution in [-0.4, -0.2) is 29.7 Å². The van der Waals surface area contributed by atoms with Crippen LogP contribution >= 0.6 is 15.9 Å². The molecular weight excluding hydrogens is 386 g/mol. The fourth-order valence-electron chi connectivity index (χ4n) is 2.03. The van der Waals surface area contributed by atoms with E-state index in [4.69, 9.17) is 14.2 Å². The second kappa shape index (κ2) is 7.10. The van der Waals surface area contributed by atoms with Gasteiger partial charge in [-0.1, -0.05) is 22.0 Å². The van der Waals surface area contributed by atoms with Crippen LogP contribution in [0.4, 0.5) is 5.69 Å². The number of ether oxygens (including phenoxy) is 3. The van der Waals surface area contributed by atoms with Crippen LogP contribution in [0.25, 0.3) is 0 Å². The molecule has 0 bridgehead atoms. The SMILES string of the molecule is COc1ccc(Br)cc1S(=O)(=O)Nc1cccc(OC)c1OC. The first-order chi connectivity index (χ1) is 10.9. The monoisotopic (exact) mass is 401 g/mol. The summed E-state index contributed by atoms with van der Waals surface area (Å²) in [5.74, 6) is 0.962. The Morgan fingerprint density at radius 3 is 2.26 bits per heavy atom. The van der Waals surface area contributed by atoms with E-state index in [9.17, 15) is 8.42 Å². The Labute approximate surface area is 143 Å². The molecule has 0 aliphatic carbocycles. The third kappa shape index (κ3) is 3.70. The summed E-state index contributed by atoms with van der Waals surface area (Å²) in [5.41, 5.74) is 0.272. The summed E-state index contributed by atoms with van der Waals surface area (Å²) < 4.78 is 44.0. The molecule has 0 radical (unpaired) electrons. The lowest BCUT2D eigenvalue weighted by atomic mass is 10.3. The second-order valence-corrected chi connectivity index (χ2v) is 7.01. The van der Waals surface area contributed by atoms with Gasteiger partial charge >= 0.3 is 0 Å². The molecule has 124 valence electrons. The zero-order valence-electron chi connectivity index (χ0n) is 12.8. The molecule has 8 heteroatoms. The molecular formula is C15H16BrNO5S. The molecule has 0 aliphatic rings. The molecule has 0 atom stereocenters. The molecule has 0 fully saturated rings. The Bertz CT molecular complexity index is 808. The van der Waals surface area contributed by atoms with Crippen molar-refractivity contribution in [1.82, 2.24) is 0 Å². The summed E-state index contributed by atoms with van der Waals surface area (Å²) in [5, 5.41) is 0. The first-order valence-corrected chi connectivity index (χ1v) is 8.78. The van der Waals surface area contributed by atoms with Gasteiger partial charge in [0.2, 0.25) is 0 Å². The van der Waals surface area contributed by atoms with Gasteiger partial charge in [0, 0.05) is 4.47 Å². The summed E-state index contributed by atoms with van der Waals surface area (Å²) >= 11 is 3.26. The van der Waals surface area contributed by atoms with Gasteiger partial charge in [0.15, 0.2) is 11.5 Å². The molecule has 2 rings (SSSR count). The predicted molar refractivity (Wildman–Crippen MR) is 91.0 cm³/mol. The summed E-state index contributed by atoms with van der Waals surface area (Å²) in [6, 6.07) is 9.66. The summed E-state index contributed by atoms with van der Waals surface area (Å²) in [7, 11) is 0.454. The largest absolute Gasteiger partial charge is 0.495 e. The number of hydrogen-bond donors (Lipinski definition) is 1. The Morgan fingerprint density at radius 2 is 1.65 bits per heavy atom. The van der Waals surface area contributed by atoms with Crippen LogP contribution in [0, 0.1) is 0 Å². The minimum absolute atomic E-state index is 0.0132. The maximum atomic E-state index is 12.7. The Hall–Kier alpha value is -1.93. The number of methoxy groups -OCH3 is 3. The molecule has 0 amide bonds. The molecule has 0 saturated heterocycles. The number of anilines is 1. The Morgan fingerprint density at radius 1 is 0.957 bits per heavy atom. The lowest BCUT2D eigenvalue weighted by Crippen LogP contribution is -2.15. The lowest BCUT2D eigenvalue weighted by Gasteiger charge is -2.15. The highest BCUT2D eigenvalue weighted by atomic mass is 79.9. The normalized spacial score (nSPS) is 11.0. The van der Waals surface area contributed by atoms with E-state index < -0.39 is 10.0 Å². The van der Waals surface area contributed by atoms with E-state index in [-0.39, 0.29) is 16.3 Å². The summed E-state index contributed by atoms with van der Waals surface area (Å²) in [6.45, 7) is 0. The highest BCUT2D eigenvalue weighted by molar-refractivity contribution is 9.10. The van der Waals surface area contributed by atoms with Crippen LogP contribution in [0.3, 0.4) is 0 Å². The standard InChI is InChI=1S/C15H16BrNO5S/c1-20-12-8-7-10(16)9-14(12)23(18,19)17-11-5-4-6-13(21-2)15(11)22-3/h4-9,17H,1-3H3. The molecule has 23 heavy (non-hydrogen) atoms. The highest BCUT2D eigenvalue weighted by Gasteiger charge is 2.22. The number of rotatable bonds is 6. The maximum absolute atomic E-state index is 12.7. The second-order valence-electron chi connectivity index (χ2n) is 4.44. The number of benzene rings is 2. The lowest BCUT2D eigenvalue weighted by molar-refractivity contribution is 0.356. The minimum Gasteiger partial charge on any atom is -0.495 e. The number of nitrogens with one attached hydrogen (secondary N) is 1. The van der Waals surface area contributed by atoms with Crippen molar-refractivity contribution in [1.29, 1.82) is 0 Å². The fourth-order valence-corrected chi connectivity index (χ4v) is 3.80. The van der Waals surface area contributed by atoms with Crippen molar-refractivity contribution in [2.75, 3.05) is 26.1 Å². The zero-order chi connectivity index (χ0) is 17.0. The van der Waals surface area contributed by atoms with Crippen LogP contribution in [0.15, 0.2) is 45.8 Å². The van der Waals surface area contributed by atoms with Gasteiger partial charge in [0.05, 0.1) is 27.0 Å². The smallest absolute Gasteiger partial charge is 0.265 e. The quantitative estimate of drug-likeness (QED) is 0.803. The first kappa shape index (κ1) is 17.4. The first-order valence-electron chi connectivity index (χ1n) is 6.50. The fraction of sp³-hybridized carbons (Fsp3) is 0.200. The minimum atomic E-state index is -3.88. The van der Waals surface area contributed by atoms with Gasteiger partial charge in [-0.05, 0) is 30.3 Å². The summed E-state index contributed by atoms with van der Waals surface area (Å²) in [4.78, 5) is 0.0132. The molecule has 0 unspecified atom stereocenters. The average Bonchev–Trinajstić information content (AvgIpc) is 2.54. The molecule has 0 spiro atoms. The molecule has 1 N–H and O–H groups in total. The van der Waals surface area contributed by atoms with Gasteiger partial charge in [-0.15, -0.1) is 0 Å². The van der Waals surface area contributed by atoms with Gasteiger partial charge in [-0.2, -0.15) is 0 Å². The van der Waals surface area contributed by atoms with E-state index >= 15 is 0 Å². The maximum Gasteiger partial charge on any atom is 0.265 e. The van der Waals surface area contributed by atoms with E-state index in [1.165, 1.54) is 27.4 Å². The van der Waals surface area contributed by atoms with Crippen LogP contribution < -0.4 is 18.9 Å². The van der Waals surface area contributed by atoms with Crippen molar-refractivity contribution >= 4 is 31.6 Å². The van der Waals surface area contributed by atoms with Gasteiger partial charge < -0.3 is 14.2 Å². The van der Waals surface area contributed by atoms with Crippen molar-refractivity contribution in [3.63, 3.8) is 0 Å². The number of halogens is 1. The van der Waals surface area contributed by atoms with E-state index in [0.717, 1.165) is 0 Å². The van der Waals surface area contributed by atoms with Gasteiger partial charge in [-0.3, -0.25) is 4.72 Å². The van der Waals surface area contributed by atoms with E-state index in [2.05, 4.69) is 20.7 Å². The van der Waals surface area contributed by atoms with Crippen LogP contribution in [0.1, 0.15) is 0 Å². The van der Waals surface area contributed by atoms with Crippen molar-refractivity contribution < 1.29 is 22.6 Å². The molecule has 6 nitrogen and oxygen atoms in total. The molecule has 2 aromatic carbocycles. The van der Waals surface area contributed by atoms with Crippen molar-refractivity contribution in [3.05, 3.63) is 40.9 Å². The van der Waals surface area contributed by atoms with E-state index in [0.29, 0.717) is 16.0 Å². The highest BCUT2D eigenvalue weighted by Crippen LogP contribution is 2.37. The number of sulfonamides is 1.